The number of nitrogens with zero attached hydrogens (tertiary/aromatic N) is 5. The maximum Gasteiger partial charge on any atom is 0.333 e. The van der Waals surface area contributed by atoms with E-state index in [4.69, 9.17) is 4.74 Å². The molecule has 11 nitrogen and oxygen atoms in total. The predicted octanol–water partition coefficient (Wildman–Crippen LogP) is 1.07. The number of aryl methyl sites for hydroxylation is 1. The lowest BCUT2D eigenvalue weighted by atomic mass is 10.1. The van der Waals surface area contributed by atoms with Gasteiger partial charge in [0.2, 0.25) is 5.91 Å². The van der Waals surface area contributed by atoms with Gasteiger partial charge in [0.05, 0.1) is 37.0 Å². The van der Waals surface area contributed by atoms with E-state index in [0.717, 1.165) is 15.9 Å². The first-order valence-corrected chi connectivity index (χ1v) is 11.3. The van der Waals surface area contributed by atoms with Crippen molar-refractivity contribution in [3.05, 3.63) is 68.6 Å². The normalized spacial score (nSPS) is 15.6. The van der Waals surface area contributed by atoms with Gasteiger partial charge < -0.3 is 10.1 Å². The first kappa shape index (κ1) is 21.8. The van der Waals surface area contributed by atoms with Gasteiger partial charge in [-0.25, -0.2) is 9.36 Å². The quantitative estimate of drug-likeness (QED) is 0.409. The fourth-order valence-electron chi connectivity index (χ4n) is 4.21. The third-order valence-electron chi connectivity index (χ3n) is 5.86. The zero-order valence-electron chi connectivity index (χ0n) is 18.3. The third kappa shape index (κ3) is 3.34. The monoisotopic (exact) mass is 480 g/mol. The molecule has 1 fully saturated rings. The summed E-state index contributed by atoms with van der Waals surface area (Å²) in [6, 6.07) is 5.77. The number of aromatic nitrogens is 5. The van der Waals surface area contributed by atoms with Gasteiger partial charge in [-0.2, -0.15) is 10.2 Å². The van der Waals surface area contributed by atoms with E-state index in [1.54, 1.807) is 31.2 Å². The summed E-state index contributed by atoms with van der Waals surface area (Å²) >= 11 is 1.14. The smallest absolute Gasteiger partial charge is 0.333 e. The third-order valence-corrected chi connectivity index (χ3v) is 7.14. The topological polar surface area (TPSA) is 130 Å². The standard InChI is InChI=1S/C22H20N6O5S/c1-12-17-19(31)27(14-7-8-23-18(14)30)22(32)26(21(17)34-20(12)28-24-9-10-25-28)11-15(29)13-5-3-4-6-16(13)33-2/h3-6,9-10,14H,7-8,11H2,1-2H3,(H,23,30)/t14-/m0/s1. The number of amides is 1. The summed E-state index contributed by atoms with van der Waals surface area (Å²) in [7, 11) is 1.46. The highest BCUT2D eigenvalue weighted by molar-refractivity contribution is 7.21. The van der Waals surface area contributed by atoms with E-state index in [1.165, 1.54) is 28.9 Å². The minimum atomic E-state index is -0.942. The largest absolute Gasteiger partial charge is 0.496 e. The summed E-state index contributed by atoms with van der Waals surface area (Å²) < 4.78 is 7.51. The number of ketones is 1. The second-order valence-corrected chi connectivity index (χ2v) is 8.77. The van der Waals surface area contributed by atoms with Crippen molar-refractivity contribution in [2.45, 2.75) is 25.9 Å². The van der Waals surface area contributed by atoms with Crippen LogP contribution in [-0.2, 0) is 11.3 Å². The maximum absolute atomic E-state index is 13.6. The molecule has 4 heterocycles. The molecular formula is C22H20N6O5S. The Morgan fingerprint density at radius 3 is 2.62 bits per heavy atom. The van der Waals surface area contributed by atoms with Gasteiger partial charge in [0, 0.05) is 12.1 Å². The lowest BCUT2D eigenvalue weighted by molar-refractivity contribution is -0.122. The van der Waals surface area contributed by atoms with Crippen molar-refractivity contribution in [3.8, 4) is 10.8 Å². The number of rotatable bonds is 6. The van der Waals surface area contributed by atoms with Crippen molar-refractivity contribution in [1.82, 2.24) is 29.4 Å². The summed E-state index contributed by atoms with van der Waals surface area (Å²) in [4.78, 5) is 54.5. The van der Waals surface area contributed by atoms with Crippen LogP contribution in [0.4, 0.5) is 0 Å². The van der Waals surface area contributed by atoms with E-state index in [1.807, 2.05) is 0 Å². The number of carbonyl (C=O) groups is 2. The molecule has 0 radical (unpaired) electrons. The van der Waals surface area contributed by atoms with E-state index in [-0.39, 0.29) is 17.7 Å². The number of hydrogen-bond acceptors (Lipinski definition) is 8. The zero-order valence-corrected chi connectivity index (χ0v) is 19.2. The second kappa shape index (κ2) is 8.37. The lowest BCUT2D eigenvalue weighted by Crippen LogP contribution is -2.44. The summed E-state index contributed by atoms with van der Waals surface area (Å²) in [5, 5.41) is 11.7. The van der Waals surface area contributed by atoms with Gasteiger partial charge in [-0.3, -0.25) is 19.0 Å². The number of fused-ring (bicyclic) bond motifs is 1. The Balaban J connectivity index is 1.76. The summed E-state index contributed by atoms with van der Waals surface area (Å²) in [6.45, 7) is 1.75. The SMILES string of the molecule is COc1ccccc1C(=O)Cn1c(=O)n([C@H]2CCNC2=O)c(=O)c2c(C)c(-n3nccn3)sc21. The second-order valence-electron chi connectivity index (χ2n) is 7.79. The fraction of sp³-hybridized carbons (Fsp3) is 0.273. The molecule has 34 heavy (non-hydrogen) atoms. The molecule has 0 spiro atoms. The number of para-hydroxylation sites is 1. The van der Waals surface area contributed by atoms with E-state index in [9.17, 15) is 19.2 Å². The number of methoxy groups -OCH3 is 1. The molecule has 12 heteroatoms. The van der Waals surface area contributed by atoms with Crippen LogP contribution in [0, 0.1) is 6.92 Å². The van der Waals surface area contributed by atoms with Gasteiger partial charge in [0.15, 0.2) is 5.78 Å². The molecule has 0 aliphatic carbocycles. The molecule has 0 bridgehead atoms. The van der Waals surface area contributed by atoms with Gasteiger partial charge in [-0.15, -0.1) is 4.80 Å². The van der Waals surface area contributed by atoms with Crippen LogP contribution in [0.3, 0.4) is 0 Å². The number of benzene rings is 1. The number of thiophene rings is 1. The number of hydrogen-bond donors (Lipinski definition) is 1. The highest BCUT2D eigenvalue weighted by Crippen LogP contribution is 2.31. The van der Waals surface area contributed by atoms with E-state index >= 15 is 0 Å². The molecule has 1 saturated heterocycles. The molecular weight excluding hydrogens is 460 g/mol. The summed E-state index contributed by atoms with van der Waals surface area (Å²) in [6.07, 6.45) is 3.31. The van der Waals surface area contributed by atoms with Crippen LogP contribution in [0.1, 0.15) is 28.4 Å². The Bertz CT molecular complexity index is 1550. The van der Waals surface area contributed by atoms with Gasteiger partial charge in [0.25, 0.3) is 5.56 Å². The molecule has 3 aromatic heterocycles. The van der Waals surface area contributed by atoms with Crippen LogP contribution in [0.2, 0.25) is 0 Å². The lowest BCUT2D eigenvalue weighted by Gasteiger charge is -2.15. The first-order valence-electron chi connectivity index (χ1n) is 10.5. The number of Topliss-reactive ketones (excluding diaryl/α,β-unsaturated/α-hetero) is 1. The minimum Gasteiger partial charge on any atom is -0.496 e. The van der Waals surface area contributed by atoms with Crippen molar-refractivity contribution >= 4 is 33.2 Å². The molecule has 1 atom stereocenters. The highest BCUT2D eigenvalue weighted by Gasteiger charge is 2.32. The fourth-order valence-corrected chi connectivity index (χ4v) is 5.42. The van der Waals surface area contributed by atoms with Crippen LogP contribution in [-0.4, -0.2) is 49.5 Å². The molecule has 1 aliphatic heterocycles. The Labute approximate surface area is 196 Å². The molecule has 1 amide bonds. The van der Waals surface area contributed by atoms with E-state index in [0.29, 0.717) is 39.7 Å². The number of nitrogens with one attached hydrogen (secondary N) is 1. The van der Waals surface area contributed by atoms with Gasteiger partial charge in [0.1, 0.15) is 21.6 Å². The summed E-state index contributed by atoms with van der Waals surface area (Å²) in [5.41, 5.74) is -0.422. The first-order chi connectivity index (χ1) is 16.4. The Kier molecular flexibility index (Phi) is 5.36. The van der Waals surface area contributed by atoms with Gasteiger partial charge >= 0.3 is 5.69 Å². The van der Waals surface area contributed by atoms with Crippen molar-refractivity contribution in [2.24, 2.45) is 0 Å². The average Bonchev–Trinajstić information content (AvgIpc) is 3.58. The predicted molar refractivity (Wildman–Crippen MR) is 124 cm³/mol. The van der Waals surface area contributed by atoms with Crippen molar-refractivity contribution in [1.29, 1.82) is 0 Å². The molecule has 1 aliphatic rings. The zero-order chi connectivity index (χ0) is 24.0. The summed E-state index contributed by atoms with van der Waals surface area (Å²) in [5.74, 6) is -0.390. The van der Waals surface area contributed by atoms with Crippen LogP contribution in [0.15, 0.2) is 46.2 Å². The molecule has 0 unspecified atom stereocenters. The molecule has 1 N–H and O–H groups in total. The van der Waals surface area contributed by atoms with Crippen molar-refractivity contribution in [2.75, 3.05) is 13.7 Å². The van der Waals surface area contributed by atoms with Crippen LogP contribution < -0.4 is 21.3 Å². The van der Waals surface area contributed by atoms with Gasteiger partial charge in [-0.1, -0.05) is 23.5 Å². The molecule has 174 valence electrons. The maximum atomic E-state index is 13.6. The van der Waals surface area contributed by atoms with Crippen LogP contribution in [0.5, 0.6) is 5.75 Å². The molecule has 0 saturated carbocycles. The van der Waals surface area contributed by atoms with E-state index in [2.05, 4.69) is 15.5 Å². The highest BCUT2D eigenvalue weighted by atomic mass is 32.1. The van der Waals surface area contributed by atoms with Crippen LogP contribution in [0.25, 0.3) is 15.2 Å². The van der Waals surface area contributed by atoms with Crippen molar-refractivity contribution in [3.63, 3.8) is 0 Å². The molecule has 5 rings (SSSR count). The van der Waals surface area contributed by atoms with E-state index < -0.39 is 23.2 Å². The average molecular weight is 481 g/mol. The Morgan fingerprint density at radius 2 is 1.94 bits per heavy atom. The number of carbonyl (C=O) groups excluding carboxylic acids is 2. The molecule has 1 aromatic carbocycles. The van der Waals surface area contributed by atoms with Gasteiger partial charge in [-0.05, 0) is 25.5 Å². The van der Waals surface area contributed by atoms with Crippen LogP contribution >= 0.6 is 11.3 Å². The Hall–Kier alpha value is -4.06. The van der Waals surface area contributed by atoms with Crippen molar-refractivity contribution < 1.29 is 14.3 Å². The number of ether oxygens (including phenoxy) is 1. The molecule has 4 aromatic rings. The Morgan fingerprint density at radius 1 is 1.21 bits per heavy atom. The minimum absolute atomic E-state index is 0.254.